The maximum atomic E-state index is 9.00. The Morgan fingerprint density at radius 1 is 1.00 bits per heavy atom. The van der Waals surface area contributed by atoms with Gasteiger partial charge in [0.1, 0.15) is 0 Å². The van der Waals surface area contributed by atoms with Crippen molar-refractivity contribution in [2.45, 2.75) is 6.92 Å². The number of hydrogen-bond acceptors (Lipinski definition) is 4. The monoisotopic (exact) mass is 201 g/mol. The van der Waals surface area contributed by atoms with E-state index in [4.69, 9.17) is 25.2 Å². The molecule has 0 aromatic heterocycles. The van der Waals surface area contributed by atoms with E-state index in [0.29, 0.717) is 0 Å². The van der Waals surface area contributed by atoms with Crippen molar-refractivity contribution in [1.82, 2.24) is 0 Å². The van der Waals surface area contributed by atoms with Crippen molar-refractivity contribution in [3.05, 3.63) is 0 Å². The topological polar surface area (TPSA) is 106 Å². The van der Waals surface area contributed by atoms with Gasteiger partial charge in [-0.15, -0.1) is 0 Å². The third-order valence-corrected chi connectivity index (χ3v) is 0. The van der Waals surface area contributed by atoms with Crippen molar-refractivity contribution < 1.29 is 46.9 Å². The molecule has 0 aliphatic heterocycles. The van der Waals surface area contributed by atoms with Crippen LogP contribution in [0.5, 0.6) is 0 Å². The van der Waals surface area contributed by atoms with Gasteiger partial charge in [0, 0.05) is 6.92 Å². The van der Waals surface area contributed by atoms with Gasteiger partial charge in [0.25, 0.3) is 5.97 Å². The van der Waals surface area contributed by atoms with Crippen LogP contribution in [0.15, 0.2) is 0 Å². The standard InChI is InChI=1S/C2H4O2.3CH3O.Ti/c1-2(3)4;3*1-2;/h1H3,(H,3,4);3*1H3;/q;3*-1;+3. The summed E-state index contributed by atoms with van der Waals surface area (Å²) in [6.07, 6.45) is 0. The van der Waals surface area contributed by atoms with E-state index in [1.54, 1.807) is 0 Å². The SMILES string of the molecule is CC(=O)O.C[O-].C[O-].C[O-].[Ti+3]. The Labute approximate surface area is 81.6 Å². The van der Waals surface area contributed by atoms with E-state index in [1.165, 1.54) is 0 Å². The van der Waals surface area contributed by atoms with E-state index in [-0.39, 0.29) is 21.7 Å². The molecule has 0 fully saturated rings. The smallest absolute Gasteiger partial charge is 0.857 e. The number of aliphatic carboxylic acids is 1. The first-order chi connectivity index (χ1) is 4.73. The van der Waals surface area contributed by atoms with E-state index in [1.807, 2.05) is 0 Å². The third kappa shape index (κ3) is 158000. The molecule has 0 saturated carbocycles. The molecule has 0 aliphatic rings. The van der Waals surface area contributed by atoms with Crippen LogP contribution in [-0.2, 0) is 26.5 Å². The summed E-state index contributed by atoms with van der Waals surface area (Å²) in [4.78, 5) is 9.00. The molecule has 0 aromatic rings. The van der Waals surface area contributed by atoms with E-state index in [9.17, 15) is 0 Å². The molecule has 67 valence electrons. The molecule has 5 nitrogen and oxygen atoms in total. The van der Waals surface area contributed by atoms with E-state index in [0.717, 1.165) is 28.3 Å². The Hall–Kier alpha value is 0.0643. The van der Waals surface area contributed by atoms with Crippen LogP contribution in [0, 0.1) is 0 Å². The Morgan fingerprint density at radius 2 is 1.00 bits per heavy atom. The van der Waals surface area contributed by atoms with Crippen molar-refractivity contribution >= 4 is 5.97 Å². The zero-order valence-corrected chi connectivity index (χ0v) is 8.64. The van der Waals surface area contributed by atoms with Crippen LogP contribution in [0.25, 0.3) is 0 Å². The number of rotatable bonds is 0. The van der Waals surface area contributed by atoms with Gasteiger partial charge in [-0.25, -0.2) is 0 Å². The number of hydrogen-bond donors (Lipinski definition) is 1. The van der Waals surface area contributed by atoms with Crippen LogP contribution in [0.2, 0.25) is 0 Å². The predicted octanol–water partition coefficient (Wildman–Crippen LogP) is -2.98. The summed E-state index contributed by atoms with van der Waals surface area (Å²) in [5, 5.41) is 32.2. The van der Waals surface area contributed by atoms with E-state index >= 15 is 0 Å². The summed E-state index contributed by atoms with van der Waals surface area (Å²) in [7, 11) is 2.25. The summed E-state index contributed by atoms with van der Waals surface area (Å²) in [5.74, 6) is -0.833. The van der Waals surface area contributed by atoms with Crippen molar-refractivity contribution in [2.75, 3.05) is 21.3 Å². The molecule has 0 bridgehead atoms. The molecule has 1 N–H and O–H groups in total. The van der Waals surface area contributed by atoms with E-state index < -0.39 is 5.97 Å². The largest absolute Gasteiger partial charge is 3.00 e. The Balaban J connectivity index is -0.0000000152. The average molecular weight is 201 g/mol. The molecule has 0 aromatic carbocycles. The van der Waals surface area contributed by atoms with Crippen LogP contribution < -0.4 is 15.3 Å². The second-order valence-electron chi connectivity index (χ2n) is 0.519. The van der Waals surface area contributed by atoms with Gasteiger partial charge in [-0.05, 0) is 0 Å². The maximum absolute atomic E-state index is 9.00. The minimum atomic E-state index is -0.833. The maximum Gasteiger partial charge on any atom is 3.00 e. The van der Waals surface area contributed by atoms with Gasteiger partial charge in [-0.2, -0.15) is 21.3 Å². The first-order valence-corrected chi connectivity index (χ1v) is 2.15. The van der Waals surface area contributed by atoms with Crippen LogP contribution in [-0.4, -0.2) is 32.4 Å². The molecule has 0 unspecified atom stereocenters. The molecule has 0 saturated heterocycles. The number of carbonyl (C=O) groups is 1. The van der Waals surface area contributed by atoms with Crippen molar-refractivity contribution in [3.63, 3.8) is 0 Å². The van der Waals surface area contributed by atoms with Gasteiger partial charge in [-0.3, -0.25) is 4.79 Å². The normalized spacial score (nSPS) is 3.91. The van der Waals surface area contributed by atoms with Crippen molar-refractivity contribution in [3.8, 4) is 0 Å². The first kappa shape index (κ1) is 30.5. The van der Waals surface area contributed by atoms with Gasteiger partial charge < -0.3 is 20.4 Å². The molecule has 0 heterocycles. The molecule has 0 spiro atoms. The van der Waals surface area contributed by atoms with Gasteiger partial charge in [0.2, 0.25) is 0 Å². The molecule has 0 amide bonds. The molecular formula is C5H13O5Ti. The fraction of sp³-hybridized carbons (Fsp3) is 0.800. The third-order valence-electron chi connectivity index (χ3n) is 0. The first-order valence-electron chi connectivity index (χ1n) is 2.15. The molecule has 11 heavy (non-hydrogen) atoms. The van der Waals surface area contributed by atoms with Crippen molar-refractivity contribution in [1.29, 1.82) is 0 Å². The average Bonchev–Trinajstić information content (AvgIpc) is 1.98. The summed E-state index contributed by atoms with van der Waals surface area (Å²) in [6.45, 7) is 1.08. The second-order valence-corrected chi connectivity index (χ2v) is 0.519. The van der Waals surface area contributed by atoms with Gasteiger partial charge in [-0.1, -0.05) is 0 Å². The molecule has 0 atom stereocenters. The van der Waals surface area contributed by atoms with Gasteiger partial charge in [0.15, 0.2) is 0 Å². The van der Waals surface area contributed by atoms with Gasteiger partial charge in [0.05, 0.1) is 0 Å². The zero-order chi connectivity index (χ0) is 9.58. The summed E-state index contributed by atoms with van der Waals surface area (Å²) in [6, 6.07) is 0. The van der Waals surface area contributed by atoms with Crippen LogP contribution in [0.3, 0.4) is 0 Å². The fourth-order valence-electron chi connectivity index (χ4n) is 0. The summed E-state index contributed by atoms with van der Waals surface area (Å²) < 4.78 is 0. The fourth-order valence-corrected chi connectivity index (χ4v) is 0. The van der Waals surface area contributed by atoms with Crippen LogP contribution in [0.4, 0.5) is 0 Å². The molecule has 0 rings (SSSR count). The molecule has 1 radical (unpaired) electrons. The molecular weight excluding hydrogens is 188 g/mol. The second kappa shape index (κ2) is 88.1. The minimum absolute atomic E-state index is 0. The minimum Gasteiger partial charge on any atom is -0.857 e. The van der Waals surface area contributed by atoms with Gasteiger partial charge >= 0.3 is 21.7 Å². The van der Waals surface area contributed by atoms with Crippen LogP contribution in [0.1, 0.15) is 6.92 Å². The Morgan fingerprint density at radius 3 is 1.00 bits per heavy atom. The molecule has 6 heteroatoms. The summed E-state index contributed by atoms with van der Waals surface area (Å²) >= 11 is 0. The molecule has 0 aliphatic carbocycles. The number of carboxylic acid groups (broad SMARTS) is 1. The number of carboxylic acids is 1. The van der Waals surface area contributed by atoms with Crippen LogP contribution >= 0.6 is 0 Å². The Bertz CT molecular complexity index is 37.9. The van der Waals surface area contributed by atoms with E-state index in [2.05, 4.69) is 0 Å². The zero-order valence-electron chi connectivity index (χ0n) is 7.08. The quantitative estimate of drug-likeness (QED) is 0.421. The predicted molar refractivity (Wildman–Crippen MR) is 31.1 cm³/mol. The summed E-state index contributed by atoms with van der Waals surface area (Å²) in [5.41, 5.74) is 0. The Kier molecular flexibility index (Phi) is 244. The van der Waals surface area contributed by atoms with Crippen molar-refractivity contribution in [2.24, 2.45) is 0 Å².